The molecule has 2 aromatic rings. The lowest BCUT2D eigenvalue weighted by Crippen LogP contribution is -2.37. The van der Waals surface area contributed by atoms with Crippen molar-refractivity contribution in [2.75, 3.05) is 20.8 Å². The lowest BCUT2D eigenvalue weighted by atomic mass is 9.85. The SMILES string of the molecule is C=CCOc1c(C[Si](C)(C)C2C=C(OC)c3ccccc32)cc(OC)cc1C(C)(C)C. The third-order valence-corrected chi connectivity index (χ3v) is 9.57. The molecule has 0 fully saturated rings. The maximum atomic E-state index is 6.27. The van der Waals surface area contributed by atoms with Crippen LogP contribution in [0.4, 0.5) is 0 Å². The normalized spacial score (nSPS) is 15.8. The third kappa shape index (κ3) is 4.74. The highest BCUT2D eigenvalue weighted by atomic mass is 28.3. The third-order valence-electron chi connectivity index (χ3n) is 6.12. The van der Waals surface area contributed by atoms with Gasteiger partial charge in [-0.1, -0.05) is 70.8 Å². The summed E-state index contributed by atoms with van der Waals surface area (Å²) in [5.41, 5.74) is 5.32. The molecule has 0 saturated heterocycles. The molecule has 166 valence electrons. The van der Waals surface area contributed by atoms with E-state index in [1.807, 2.05) is 6.08 Å². The van der Waals surface area contributed by atoms with Crippen LogP contribution in [-0.2, 0) is 16.2 Å². The zero-order valence-corrected chi connectivity index (χ0v) is 21.0. The van der Waals surface area contributed by atoms with Crippen molar-refractivity contribution in [3.05, 3.63) is 77.4 Å². The molecule has 0 aliphatic heterocycles. The van der Waals surface area contributed by atoms with Gasteiger partial charge < -0.3 is 14.2 Å². The molecule has 0 bridgehead atoms. The van der Waals surface area contributed by atoms with E-state index in [0.29, 0.717) is 12.1 Å². The smallest absolute Gasteiger partial charge is 0.126 e. The Morgan fingerprint density at radius 3 is 2.39 bits per heavy atom. The van der Waals surface area contributed by atoms with Crippen LogP contribution in [0.2, 0.25) is 13.1 Å². The second kappa shape index (κ2) is 8.95. The van der Waals surface area contributed by atoms with Crippen LogP contribution >= 0.6 is 0 Å². The van der Waals surface area contributed by atoms with Crippen molar-refractivity contribution in [1.82, 2.24) is 0 Å². The van der Waals surface area contributed by atoms with E-state index < -0.39 is 8.07 Å². The Morgan fingerprint density at radius 1 is 1.06 bits per heavy atom. The van der Waals surface area contributed by atoms with E-state index in [1.165, 1.54) is 22.3 Å². The quantitative estimate of drug-likeness (QED) is 0.341. The fourth-order valence-corrected chi connectivity index (χ4v) is 7.69. The molecule has 1 unspecified atom stereocenters. The van der Waals surface area contributed by atoms with E-state index in [1.54, 1.807) is 14.2 Å². The molecule has 4 heteroatoms. The van der Waals surface area contributed by atoms with Gasteiger partial charge in [-0.3, -0.25) is 0 Å². The van der Waals surface area contributed by atoms with Crippen LogP contribution in [0.15, 0.2) is 55.1 Å². The van der Waals surface area contributed by atoms with Gasteiger partial charge >= 0.3 is 0 Å². The summed E-state index contributed by atoms with van der Waals surface area (Å²) in [6.45, 7) is 15.9. The predicted molar refractivity (Wildman–Crippen MR) is 133 cm³/mol. The van der Waals surface area contributed by atoms with Crippen molar-refractivity contribution in [2.45, 2.75) is 50.9 Å². The van der Waals surface area contributed by atoms with E-state index in [0.717, 1.165) is 23.3 Å². The summed E-state index contributed by atoms with van der Waals surface area (Å²) >= 11 is 0. The number of rotatable bonds is 8. The Morgan fingerprint density at radius 2 is 1.77 bits per heavy atom. The van der Waals surface area contributed by atoms with Crippen LogP contribution < -0.4 is 9.47 Å². The van der Waals surface area contributed by atoms with Gasteiger partial charge in [-0.15, -0.1) is 0 Å². The van der Waals surface area contributed by atoms with Gasteiger partial charge in [0.2, 0.25) is 0 Å². The second-order valence-electron chi connectivity index (χ2n) is 9.98. The molecule has 0 amide bonds. The largest absolute Gasteiger partial charge is 0.497 e. The van der Waals surface area contributed by atoms with Gasteiger partial charge in [-0.2, -0.15) is 0 Å². The minimum absolute atomic E-state index is 0.0609. The predicted octanol–water partition coefficient (Wildman–Crippen LogP) is 6.67. The Kier molecular flexibility index (Phi) is 6.70. The minimum atomic E-state index is -1.83. The molecule has 3 rings (SSSR count). The highest BCUT2D eigenvalue weighted by Gasteiger charge is 2.38. The summed E-state index contributed by atoms with van der Waals surface area (Å²) in [5, 5.41) is 0. The molecule has 1 aliphatic rings. The van der Waals surface area contributed by atoms with Crippen molar-refractivity contribution < 1.29 is 14.2 Å². The molecule has 0 N–H and O–H groups in total. The lowest BCUT2D eigenvalue weighted by Gasteiger charge is -2.32. The van der Waals surface area contributed by atoms with Crippen LogP contribution in [0.3, 0.4) is 0 Å². The number of benzene rings is 2. The molecule has 2 aromatic carbocycles. The second-order valence-corrected chi connectivity index (χ2v) is 14.9. The summed E-state index contributed by atoms with van der Waals surface area (Å²) < 4.78 is 17.7. The first kappa shape index (κ1) is 23.2. The van der Waals surface area contributed by atoms with Gasteiger partial charge in [0, 0.05) is 16.7 Å². The fourth-order valence-electron chi connectivity index (χ4n) is 4.53. The van der Waals surface area contributed by atoms with Crippen LogP contribution in [0.25, 0.3) is 5.76 Å². The Hall–Kier alpha value is -2.46. The molecule has 0 radical (unpaired) electrons. The molecule has 1 atom stereocenters. The average Bonchev–Trinajstić information content (AvgIpc) is 3.11. The molecule has 0 spiro atoms. The summed E-state index contributed by atoms with van der Waals surface area (Å²) in [7, 11) is 1.67. The highest BCUT2D eigenvalue weighted by molar-refractivity contribution is 6.79. The van der Waals surface area contributed by atoms with Crippen LogP contribution in [0.5, 0.6) is 11.5 Å². The van der Waals surface area contributed by atoms with Gasteiger partial charge in [-0.05, 0) is 40.8 Å². The van der Waals surface area contributed by atoms with E-state index >= 15 is 0 Å². The van der Waals surface area contributed by atoms with E-state index in [9.17, 15) is 0 Å². The van der Waals surface area contributed by atoms with E-state index in [-0.39, 0.29) is 5.41 Å². The molecule has 3 nitrogen and oxygen atoms in total. The Bertz CT molecular complexity index is 982. The Balaban J connectivity index is 2.08. The maximum absolute atomic E-state index is 6.27. The average molecular weight is 437 g/mol. The van der Waals surface area contributed by atoms with Gasteiger partial charge in [0.1, 0.15) is 23.9 Å². The molecule has 31 heavy (non-hydrogen) atoms. The maximum Gasteiger partial charge on any atom is 0.126 e. The summed E-state index contributed by atoms with van der Waals surface area (Å²) in [6, 6.07) is 13.9. The van der Waals surface area contributed by atoms with Crippen molar-refractivity contribution in [3.8, 4) is 11.5 Å². The first-order chi connectivity index (χ1) is 14.6. The molecule has 0 saturated carbocycles. The monoisotopic (exact) mass is 436 g/mol. The molecule has 0 aromatic heterocycles. The molecule has 1 aliphatic carbocycles. The van der Waals surface area contributed by atoms with Crippen molar-refractivity contribution in [2.24, 2.45) is 0 Å². The van der Waals surface area contributed by atoms with Gasteiger partial charge in [0.25, 0.3) is 0 Å². The number of methoxy groups -OCH3 is 2. The van der Waals surface area contributed by atoms with E-state index in [2.05, 4.69) is 82.9 Å². The fraction of sp³-hybridized carbons (Fsp3) is 0.407. The zero-order chi connectivity index (χ0) is 22.8. The highest BCUT2D eigenvalue weighted by Crippen LogP contribution is 2.45. The minimum Gasteiger partial charge on any atom is -0.497 e. The molecular weight excluding hydrogens is 400 g/mol. The number of hydrogen-bond acceptors (Lipinski definition) is 3. The van der Waals surface area contributed by atoms with Crippen LogP contribution in [0.1, 0.15) is 48.6 Å². The number of ether oxygens (including phenoxy) is 3. The van der Waals surface area contributed by atoms with Gasteiger partial charge in [0.05, 0.1) is 22.3 Å². The summed E-state index contributed by atoms with van der Waals surface area (Å²) in [6.07, 6.45) is 4.13. The lowest BCUT2D eigenvalue weighted by molar-refractivity contribution is 0.345. The van der Waals surface area contributed by atoms with Gasteiger partial charge in [-0.25, -0.2) is 0 Å². The Labute approximate surface area is 188 Å². The topological polar surface area (TPSA) is 27.7 Å². The molecular formula is C27H36O3Si. The summed E-state index contributed by atoms with van der Waals surface area (Å²) in [4.78, 5) is 0. The first-order valence-electron chi connectivity index (χ1n) is 10.9. The number of allylic oxidation sites excluding steroid dienone is 1. The van der Waals surface area contributed by atoms with Crippen molar-refractivity contribution in [1.29, 1.82) is 0 Å². The zero-order valence-electron chi connectivity index (χ0n) is 20.0. The number of fused-ring (bicyclic) bond motifs is 1. The van der Waals surface area contributed by atoms with E-state index in [4.69, 9.17) is 14.2 Å². The summed E-state index contributed by atoms with van der Waals surface area (Å²) in [5.74, 6) is 2.86. The van der Waals surface area contributed by atoms with Crippen molar-refractivity contribution >= 4 is 13.8 Å². The van der Waals surface area contributed by atoms with Crippen LogP contribution in [0, 0.1) is 0 Å². The molecule has 0 heterocycles. The van der Waals surface area contributed by atoms with Gasteiger partial charge in [0.15, 0.2) is 0 Å². The van der Waals surface area contributed by atoms with Crippen LogP contribution in [-0.4, -0.2) is 28.9 Å². The first-order valence-corrected chi connectivity index (χ1v) is 14.2. The van der Waals surface area contributed by atoms with Crippen molar-refractivity contribution in [3.63, 3.8) is 0 Å². The standard InChI is InChI=1S/C27H36O3Si/c1-9-14-30-26-19(15-20(28-5)16-23(26)27(2,3)4)18-31(7,8)25-17-24(29-6)21-12-10-11-13-22(21)25/h9-13,15-17,25H,1,14,18H2,2-8H3. The number of hydrogen-bond donors (Lipinski definition) is 0.